The summed E-state index contributed by atoms with van der Waals surface area (Å²) >= 11 is 0. The Bertz CT molecular complexity index is 836. The predicted molar refractivity (Wildman–Crippen MR) is 87.1 cm³/mol. The number of benzene rings is 2. The summed E-state index contributed by atoms with van der Waals surface area (Å²) in [4.78, 5) is 14.4. The van der Waals surface area contributed by atoms with Crippen LogP contribution in [0.25, 0.3) is 0 Å². The third kappa shape index (κ3) is 2.30. The second-order valence-corrected chi connectivity index (χ2v) is 6.14. The van der Waals surface area contributed by atoms with Crippen LogP contribution in [-0.2, 0) is 4.79 Å². The number of nitrogens with one attached hydrogen (secondary N) is 1. The van der Waals surface area contributed by atoms with Gasteiger partial charge in [0.15, 0.2) is 5.54 Å². The predicted octanol–water partition coefficient (Wildman–Crippen LogP) is 3.42. The Morgan fingerprint density at radius 3 is 2.20 bits per heavy atom. The summed E-state index contributed by atoms with van der Waals surface area (Å²) < 4.78 is 39.1. The molecule has 4 nitrogen and oxygen atoms in total. The highest BCUT2D eigenvalue weighted by atomic mass is 19.4. The molecule has 0 aromatic heterocycles. The number of anilines is 1. The van der Waals surface area contributed by atoms with Crippen LogP contribution in [0.5, 0.6) is 0 Å². The Morgan fingerprint density at radius 1 is 1.04 bits per heavy atom. The highest BCUT2D eigenvalue weighted by molar-refractivity contribution is 6.13. The summed E-state index contributed by atoms with van der Waals surface area (Å²) in [6, 6.07) is 17.4. The Morgan fingerprint density at radius 2 is 1.64 bits per heavy atom. The van der Waals surface area contributed by atoms with Crippen LogP contribution in [0.1, 0.15) is 18.0 Å². The van der Waals surface area contributed by atoms with Gasteiger partial charge in [-0.05, 0) is 17.7 Å². The Hall–Kier alpha value is -2.83. The molecule has 2 unspecified atom stereocenters. The van der Waals surface area contributed by atoms with Crippen LogP contribution in [0.3, 0.4) is 0 Å². The van der Waals surface area contributed by atoms with E-state index in [0.29, 0.717) is 5.69 Å². The molecular weight excluding hydrogens is 331 g/mol. The van der Waals surface area contributed by atoms with Crippen molar-refractivity contribution in [2.45, 2.75) is 24.2 Å². The fraction of sp³-hybridized carbons (Fsp3) is 0.222. The van der Waals surface area contributed by atoms with Gasteiger partial charge in [-0.15, -0.1) is 0 Å². The second-order valence-electron chi connectivity index (χ2n) is 6.14. The molecule has 7 heteroatoms. The van der Waals surface area contributed by atoms with Crippen molar-refractivity contribution in [2.24, 2.45) is 5.10 Å². The first kappa shape index (κ1) is 15.7. The van der Waals surface area contributed by atoms with E-state index in [9.17, 15) is 18.0 Å². The summed E-state index contributed by atoms with van der Waals surface area (Å²) in [5, 5.41) is 3.43. The van der Waals surface area contributed by atoms with E-state index in [0.717, 1.165) is 5.56 Å². The lowest BCUT2D eigenvalue weighted by atomic mass is 9.72. The average molecular weight is 345 g/mol. The highest BCUT2D eigenvalue weighted by Gasteiger charge is 2.66. The monoisotopic (exact) mass is 345 g/mol. The molecule has 128 valence electrons. The van der Waals surface area contributed by atoms with E-state index in [-0.39, 0.29) is 0 Å². The topological polar surface area (TPSA) is 44.7 Å². The lowest BCUT2D eigenvalue weighted by Crippen LogP contribution is -2.73. The van der Waals surface area contributed by atoms with Gasteiger partial charge >= 0.3 is 6.18 Å². The van der Waals surface area contributed by atoms with E-state index in [1.165, 1.54) is 4.90 Å². The molecule has 25 heavy (non-hydrogen) atoms. The quantitative estimate of drug-likeness (QED) is 0.848. The molecule has 0 radical (unpaired) electrons. The highest BCUT2D eigenvalue weighted by Crippen LogP contribution is 2.50. The van der Waals surface area contributed by atoms with E-state index in [2.05, 4.69) is 10.5 Å². The van der Waals surface area contributed by atoms with Crippen molar-refractivity contribution < 1.29 is 18.0 Å². The van der Waals surface area contributed by atoms with Crippen molar-refractivity contribution in [3.63, 3.8) is 0 Å². The lowest BCUT2D eigenvalue weighted by Gasteiger charge is -2.54. The first-order valence-electron chi connectivity index (χ1n) is 7.78. The Kier molecular flexibility index (Phi) is 3.35. The lowest BCUT2D eigenvalue weighted by molar-refractivity contribution is -0.134. The maximum atomic E-state index is 13.0. The minimum Gasteiger partial charge on any atom is -0.300 e. The summed E-state index contributed by atoms with van der Waals surface area (Å²) in [7, 11) is 0. The third-order valence-corrected chi connectivity index (χ3v) is 4.64. The second kappa shape index (κ2) is 5.34. The van der Waals surface area contributed by atoms with Crippen molar-refractivity contribution in [2.75, 3.05) is 4.90 Å². The smallest absolute Gasteiger partial charge is 0.300 e. The van der Waals surface area contributed by atoms with Gasteiger partial charge in [-0.2, -0.15) is 18.3 Å². The van der Waals surface area contributed by atoms with E-state index >= 15 is 0 Å². The zero-order chi connectivity index (χ0) is 17.7. The first-order valence-corrected chi connectivity index (χ1v) is 7.78. The molecule has 0 bridgehead atoms. The number of hydrazone groups is 1. The van der Waals surface area contributed by atoms with Crippen LogP contribution in [0.15, 0.2) is 65.8 Å². The van der Waals surface area contributed by atoms with E-state index in [1.54, 1.807) is 36.4 Å². The molecule has 2 aliphatic heterocycles. The molecule has 1 N–H and O–H groups in total. The molecule has 2 aromatic carbocycles. The molecule has 1 saturated heterocycles. The summed E-state index contributed by atoms with van der Waals surface area (Å²) in [5.41, 5.74) is 1.57. The van der Waals surface area contributed by atoms with Gasteiger partial charge in [0.1, 0.15) is 5.71 Å². The largest absolute Gasteiger partial charge is 0.431 e. The third-order valence-electron chi connectivity index (χ3n) is 4.64. The Balaban J connectivity index is 1.75. The first-order chi connectivity index (χ1) is 11.9. The number of carbonyl (C=O) groups excluding carboxylic acids is 1. The fourth-order valence-corrected chi connectivity index (χ4v) is 3.48. The number of rotatable bonds is 2. The number of hydrogen-bond donors (Lipinski definition) is 1. The molecule has 1 amide bonds. The molecular formula is C18H14F3N3O. The van der Waals surface area contributed by atoms with E-state index < -0.39 is 35.8 Å². The van der Waals surface area contributed by atoms with Crippen molar-refractivity contribution in [1.29, 1.82) is 0 Å². The number of carbonyl (C=O) groups is 1. The SMILES string of the molecule is O=C1N(c2ccccc2)C(c2ccccc2)C12CC(C(F)(F)F)=NN2. The number of nitrogens with zero attached hydrogens (tertiary/aromatic N) is 2. The number of hydrogen-bond acceptors (Lipinski definition) is 3. The van der Waals surface area contributed by atoms with Gasteiger partial charge in [-0.3, -0.25) is 15.1 Å². The normalized spacial score (nSPS) is 25.6. The zero-order valence-electron chi connectivity index (χ0n) is 13.0. The molecule has 2 aliphatic rings. The minimum atomic E-state index is -4.55. The van der Waals surface area contributed by atoms with Crippen molar-refractivity contribution >= 4 is 17.3 Å². The maximum Gasteiger partial charge on any atom is 0.431 e. The van der Waals surface area contributed by atoms with E-state index in [1.807, 2.05) is 24.3 Å². The minimum absolute atomic E-state index is 0.407. The van der Waals surface area contributed by atoms with Gasteiger partial charge in [0, 0.05) is 12.1 Å². The van der Waals surface area contributed by atoms with Gasteiger partial charge in [0.2, 0.25) is 0 Å². The van der Waals surface area contributed by atoms with Crippen molar-refractivity contribution in [3.05, 3.63) is 66.2 Å². The van der Waals surface area contributed by atoms with Gasteiger partial charge in [0.05, 0.1) is 6.04 Å². The van der Waals surface area contributed by atoms with Gasteiger partial charge in [-0.25, -0.2) is 0 Å². The van der Waals surface area contributed by atoms with Crippen LogP contribution in [0.2, 0.25) is 0 Å². The summed E-state index contributed by atoms with van der Waals surface area (Å²) in [5.74, 6) is -0.407. The fourth-order valence-electron chi connectivity index (χ4n) is 3.48. The zero-order valence-corrected chi connectivity index (χ0v) is 13.0. The summed E-state index contributed by atoms with van der Waals surface area (Å²) in [6.07, 6.45) is -5.02. The number of amides is 1. The molecule has 2 heterocycles. The average Bonchev–Trinajstić information content (AvgIpc) is 3.09. The van der Waals surface area contributed by atoms with Gasteiger partial charge in [-0.1, -0.05) is 48.5 Å². The summed E-state index contributed by atoms with van der Waals surface area (Å²) in [6.45, 7) is 0. The van der Waals surface area contributed by atoms with Crippen molar-refractivity contribution in [1.82, 2.24) is 5.43 Å². The molecule has 1 fully saturated rings. The van der Waals surface area contributed by atoms with Crippen LogP contribution in [-0.4, -0.2) is 23.3 Å². The molecule has 2 atom stereocenters. The standard InChI is InChI=1S/C18H14F3N3O/c19-18(20,21)14-11-17(23-22-14)15(12-7-3-1-4-8-12)24(16(17)25)13-9-5-2-6-10-13/h1-10,15,23H,11H2. The molecule has 4 rings (SSSR count). The number of β-lactam (4-membered cyclic amide) rings is 1. The van der Waals surface area contributed by atoms with Crippen LogP contribution in [0.4, 0.5) is 18.9 Å². The van der Waals surface area contributed by atoms with Crippen molar-refractivity contribution in [3.8, 4) is 0 Å². The van der Waals surface area contributed by atoms with Crippen LogP contribution < -0.4 is 10.3 Å². The van der Waals surface area contributed by atoms with Crippen LogP contribution in [0, 0.1) is 0 Å². The number of para-hydroxylation sites is 1. The number of alkyl halides is 3. The maximum absolute atomic E-state index is 13.0. The Labute approximate surface area is 141 Å². The van der Waals surface area contributed by atoms with Gasteiger partial charge in [0.25, 0.3) is 5.91 Å². The van der Waals surface area contributed by atoms with E-state index in [4.69, 9.17) is 0 Å². The van der Waals surface area contributed by atoms with Crippen LogP contribution >= 0.6 is 0 Å². The molecule has 1 spiro atoms. The number of halogens is 3. The van der Waals surface area contributed by atoms with Gasteiger partial charge < -0.3 is 0 Å². The molecule has 0 aliphatic carbocycles. The molecule has 0 saturated carbocycles. The molecule has 2 aromatic rings.